The number of ketones is 1. The van der Waals surface area contributed by atoms with E-state index in [1.165, 1.54) is 16.9 Å². The van der Waals surface area contributed by atoms with Gasteiger partial charge in [0, 0.05) is 0 Å². The van der Waals surface area contributed by atoms with Crippen molar-refractivity contribution in [3.8, 4) is 0 Å². The van der Waals surface area contributed by atoms with Gasteiger partial charge in [-0.1, -0.05) is 42.0 Å². The highest BCUT2D eigenvalue weighted by atomic mass is 32.1. The normalized spacial score (nSPS) is 10.8. The van der Waals surface area contributed by atoms with Crippen LogP contribution in [0.2, 0.25) is 0 Å². The van der Waals surface area contributed by atoms with Gasteiger partial charge in [0.25, 0.3) is 0 Å². The molecule has 0 saturated heterocycles. The van der Waals surface area contributed by atoms with Crippen LogP contribution < -0.4 is 0 Å². The number of rotatable bonds is 3. The van der Waals surface area contributed by atoms with Crippen LogP contribution in [-0.4, -0.2) is 5.78 Å². The number of benzene rings is 1. The highest BCUT2D eigenvalue weighted by Crippen LogP contribution is 2.11. The third-order valence-corrected chi connectivity index (χ3v) is 3.12. The Morgan fingerprint density at radius 2 is 2.12 bits per heavy atom. The van der Waals surface area contributed by atoms with Crippen molar-refractivity contribution < 1.29 is 4.79 Å². The molecular formula is C14H12OS. The highest BCUT2D eigenvalue weighted by Gasteiger charge is 2.01. The predicted octanol–water partition coefficient (Wildman–Crippen LogP) is 3.95. The molecule has 0 aliphatic carbocycles. The number of aryl methyl sites for hydroxylation is 1. The van der Waals surface area contributed by atoms with Crippen LogP contribution in [0, 0.1) is 6.92 Å². The average molecular weight is 228 g/mol. The molecule has 1 heterocycles. The Kier molecular flexibility index (Phi) is 3.32. The van der Waals surface area contributed by atoms with Gasteiger partial charge in [0.15, 0.2) is 5.78 Å². The van der Waals surface area contributed by atoms with Crippen molar-refractivity contribution in [2.24, 2.45) is 0 Å². The van der Waals surface area contributed by atoms with Crippen molar-refractivity contribution in [1.29, 1.82) is 0 Å². The third kappa shape index (κ3) is 2.67. The van der Waals surface area contributed by atoms with E-state index in [9.17, 15) is 4.79 Å². The van der Waals surface area contributed by atoms with Crippen molar-refractivity contribution in [1.82, 2.24) is 0 Å². The first-order chi connectivity index (χ1) is 7.75. The van der Waals surface area contributed by atoms with E-state index in [4.69, 9.17) is 0 Å². The van der Waals surface area contributed by atoms with E-state index < -0.39 is 0 Å². The molecule has 1 nitrogen and oxygen atoms in total. The number of hydrogen-bond acceptors (Lipinski definition) is 2. The maximum atomic E-state index is 11.7. The van der Waals surface area contributed by atoms with Crippen molar-refractivity contribution in [2.75, 3.05) is 0 Å². The first kappa shape index (κ1) is 10.8. The molecule has 0 saturated carbocycles. The summed E-state index contributed by atoms with van der Waals surface area (Å²) in [5.41, 5.74) is 2.26. The fourth-order valence-electron chi connectivity index (χ4n) is 1.45. The SMILES string of the molecule is Cc1cccc(C=CC(=O)c2cccs2)c1. The van der Waals surface area contributed by atoms with Crippen LogP contribution >= 0.6 is 11.3 Å². The minimum atomic E-state index is 0.0662. The van der Waals surface area contributed by atoms with E-state index in [1.807, 2.05) is 48.7 Å². The van der Waals surface area contributed by atoms with Crippen LogP contribution in [-0.2, 0) is 0 Å². The van der Waals surface area contributed by atoms with Gasteiger partial charge < -0.3 is 0 Å². The topological polar surface area (TPSA) is 17.1 Å². The average Bonchev–Trinajstić information content (AvgIpc) is 2.79. The zero-order valence-electron chi connectivity index (χ0n) is 9.01. The van der Waals surface area contributed by atoms with Gasteiger partial charge in [-0.25, -0.2) is 0 Å². The summed E-state index contributed by atoms with van der Waals surface area (Å²) in [6, 6.07) is 11.8. The van der Waals surface area contributed by atoms with Crippen LogP contribution in [0.15, 0.2) is 47.9 Å². The molecule has 0 fully saturated rings. The zero-order chi connectivity index (χ0) is 11.4. The quantitative estimate of drug-likeness (QED) is 0.574. The summed E-state index contributed by atoms with van der Waals surface area (Å²) in [7, 11) is 0. The number of hydrogen-bond donors (Lipinski definition) is 0. The second-order valence-electron chi connectivity index (χ2n) is 3.59. The van der Waals surface area contributed by atoms with E-state index in [0.29, 0.717) is 0 Å². The van der Waals surface area contributed by atoms with Gasteiger partial charge in [-0.2, -0.15) is 0 Å². The molecule has 2 aromatic rings. The molecular weight excluding hydrogens is 216 g/mol. The molecule has 2 heteroatoms. The summed E-state index contributed by atoms with van der Waals surface area (Å²) < 4.78 is 0. The van der Waals surface area contributed by atoms with Gasteiger partial charge in [-0.05, 0) is 30.0 Å². The first-order valence-electron chi connectivity index (χ1n) is 5.08. The van der Waals surface area contributed by atoms with Crippen molar-refractivity contribution in [3.05, 3.63) is 63.9 Å². The van der Waals surface area contributed by atoms with Crippen LogP contribution in [0.1, 0.15) is 20.8 Å². The molecule has 0 N–H and O–H groups in total. The summed E-state index contributed by atoms with van der Waals surface area (Å²) >= 11 is 1.47. The second-order valence-corrected chi connectivity index (χ2v) is 4.54. The molecule has 1 aromatic heterocycles. The van der Waals surface area contributed by atoms with E-state index in [-0.39, 0.29) is 5.78 Å². The van der Waals surface area contributed by atoms with E-state index in [1.54, 1.807) is 6.08 Å². The molecule has 16 heavy (non-hydrogen) atoms. The maximum absolute atomic E-state index is 11.7. The van der Waals surface area contributed by atoms with Crippen molar-refractivity contribution >= 4 is 23.2 Å². The number of thiophene rings is 1. The smallest absolute Gasteiger partial charge is 0.195 e. The third-order valence-electron chi connectivity index (χ3n) is 2.23. The fourth-order valence-corrected chi connectivity index (χ4v) is 2.09. The number of carbonyl (C=O) groups is 1. The Morgan fingerprint density at radius 3 is 2.81 bits per heavy atom. The largest absolute Gasteiger partial charge is 0.288 e. The molecule has 0 unspecified atom stereocenters. The maximum Gasteiger partial charge on any atom is 0.195 e. The van der Waals surface area contributed by atoms with Crippen LogP contribution in [0.3, 0.4) is 0 Å². The Bertz CT molecular complexity index is 509. The molecule has 0 amide bonds. The molecule has 80 valence electrons. The lowest BCUT2D eigenvalue weighted by molar-refractivity contribution is 0.105. The minimum Gasteiger partial charge on any atom is -0.288 e. The highest BCUT2D eigenvalue weighted by molar-refractivity contribution is 7.12. The Hall–Kier alpha value is -1.67. The Morgan fingerprint density at radius 1 is 1.25 bits per heavy atom. The van der Waals surface area contributed by atoms with E-state index in [0.717, 1.165) is 10.4 Å². The number of carbonyl (C=O) groups excluding carboxylic acids is 1. The summed E-state index contributed by atoms with van der Waals surface area (Å²) in [4.78, 5) is 12.5. The fraction of sp³-hybridized carbons (Fsp3) is 0.0714. The van der Waals surface area contributed by atoms with Crippen LogP contribution in [0.25, 0.3) is 6.08 Å². The number of allylic oxidation sites excluding steroid dienone is 1. The summed E-state index contributed by atoms with van der Waals surface area (Å²) in [6.07, 6.45) is 3.48. The van der Waals surface area contributed by atoms with Gasteiger partial charge >= 0.3 is 0 Å². The molecule has 0 bridgehead atoms. The molecule has 0 aliphatic rings. The standard InChI is InChI=1S/C14H12OS/c1-11-4-2-5-12(10-11)7-8-13(15)14-6-3-9-16-14/h2-10H,1H3. The summed E-state index contributed by atoms with van der Waals surface area (Å²) in [6.45, 7) is 2.04. The monoisotopic (exact) mass is 228 g/mol. The van der Waals surface area contributed by atoms with Gasteiger partial charge in [0.2, 0.25) is 0 Å². The van der Waals surface area contributed by atoms with Gasteiger partial charge in [0.05, 0.1) is 4.88 Å². The lowest BCUT2D eigenvalue weighted by atomic mass is 10.1. The molecule has 2 rings (SSSR count). The van der Waals surface area contributed by atoms with Gasteiger partial charge in [-0.15, -0.1) is 11.3 Å². The summed E-state index contributed by atoms with van der Waals surface area (Å²) in [5.74, 6) is 0.0662. The van der Waals surface area contributed by atoms with Gasteiger partial charge in [0.1, 0.15) is 0 Å². The lowest BCUT2D eigenvalue weighted by Gasteiger charge is -1.94. The van der Waals surface area contributed by atoms with E-state index >= 15 is 0 Å². The Labute approximate surface area is 99.1 Å². The summed E-state index contributed by atoms with van der Waals surface area (Å²) in [5, 5.41) is 1.91. The molecule has 0 radical (unpaired) electrons. The van der Waals surface area contributed by atoms with E-state index in [2.05, 4.69) is 6.07 Å². The zero-order valence-corrected chi connectivity index (χ0v) is 9.83. The Balaban J connectivity index is 2.13. The van der Waals surface area contributed by atoms with Gasteiger partial charge in [-0.3, -0.25) is 4.79 Å². The van der Waals surface area contributed by atoms with Crippen LogP contribution in [0.4, 0.5) is 0 Å². The second kappa shape index (κ2) is 4.90. The van der Waals surface area contributed by atoms with Crippen molar-refractivity contribution in [3.63, 3.8) is 0 Å². The molecule has 0 aliphatic heterocycles. The van der Waals surface area contributed by atoms with Crippen molar-refractivity contribution in [2.45, 2.75) is 6.92 Å². The predicted molar refractivity (Wildman–Crippen MR) is 68.9 cm³/mol. The minimum absolute atomic E-state index is 0.0662. The first-order valence-corrected chi connectivity index (χ1v) is 5.96. The molecule has 1 aromatic carbocycles. The molecule has 0 atom stereocenters. The lowest BCUT2D eigenvalue weighted by Crippen LogP contribution is -1.88. The van der Waals surface area contributed by atoms with Crippen LogP contribution in [0.5, 0.6) is 0 Å². The molecule has 0 spiro atoms.